The summed E-state index contributed by atoms with van der Waals surface area (Å²) in [4.78, 5) is 0.0221. The predicted octanol–water partition coefficient (Wildman–Crippen LogP) is 1.37. The Morgan fingerprint density at radius 2 is 1.82 bits per heavy atom. The molecule has 5 N–H and O–H groups in total. The van der Waals surface area contributed by atoms with Crippen LogP contribution < -0.4 is 16.2 Å². The number of primary sulfonamides is 1. The molecule has 0 aliphatic rings. The molecular weight excluding hydrogens is 238 g/mol. The van der Waals surface area contributed by atoms with E-state index in [1.807, 2.05) is 0 Å². The fourth-order valence-corrected chi connectivity index (χ4v) is 1.85. The number of benzene rings is 1. The van der Waals surface area contributed by atoms with Gasteiger partial charge in [0.25, 0.3) is 0 Å². The second kappa shape index (κ2) is 4.54. The van der Waals surface area contributed by atoms with Crippen molar-refractivity contribution in [1.82, 2.24) is 0 Å². The van der Waals surface area contributed by atoms with Crippen molar-refractivity contribution in [1.29, 1.82) is 0 Å². The molecule has 5 nitrogen and oxygen atoms in total. The molecule has 0 fully saturated rings. The lowest BCUT2D eigenvalue weighted by Gasteiger charge is -2.20. The third-order valence-electron chi connectivity index (χ3n) is 2.08. The van der Waals surface area contributed by atoms with Crippen LogP contribution in [-0.4, -0.2) is 15.0 Å². The Morgan fingerprint density at radius 3 is 2.29 bits per heavy atom. The van der Waals surface area contributed by atoms with Crippen LogP contribution in [0.5, 0.6) is 0 Å². The second-order valence-corrected chi connectivity index (χ2v) is 6.81. The average Bonchev–Trinajstić information content (AvgIpc) is 2.11. The topological polar surface area (TPSA) is 98.2 Å². The Balaban J connectivity index is 2.99. The molecule has 0 saturated carbocycles. The number of nitrogens with two attached hydrogens (primary N) is 2. The minimum Gasteiger partial charge on any atom is -0.399 e. The van der Waals surface area contributed by atoms with Crippen LogP contribution in [0.15, 0.2) is 23.1 Å². The molecule has 0 aliphatic heterocycles. The van der Waals surface area contributed by atoms with Gasteiger partial charge in [0.2, 0.25) is 10.0 Å². The van der Waals surface area contributed by atoms with Gasteiger partial charge in [-0.25, -0.2) is 13.6 Å². The van der Waals surface area contributed by atoms with E-state index in [1.165, 1.54) is 12.1 Å². The summed E-state index contributed by atoms with van der Waals surface area (Å²) in [5, 5.41) is 8.20. The van der Waals surface area contributed by atoms with Gasteiger partial charge in [0, 0.05) is 17.9 Å². The van der Waals surface area contributed by atoms with E-state index in [2.05, 4.69) is 26.1 Å². The third-order valence-corrected chi connectivity index (χ3v) is 2.97. The van der Waals surface area contributed by atoms with E-state index in [9.17, 15) is 8.42 Å². The number of nitrogen functional groups attached to an aromatic ring is 1. The Labute approximate surface area is 102 Å². The summed E-state index contributed by atoms with van der Waals surface area (Å²) < 4.78 is 22.5. The van der Waals surface area contributed by atoms with Crippen LogP contribution in [0.1, 0.15) is 20.8 Å². The molecule has 1 aromatic rings. The molecule has 0 saturated heterocycles. The maximum Gasteiger partial charge on any atom is 0.238 e. The minimum absolute atomic E-state index is 0.0221. The maximum absolute atomic E-state index is 11.2. The van der Waals surface area contributed by atoms with E-state index in [-0.39, 0.29) is 10.3 Å². The van der Waals surface area contributed by atoms with Crippen molar-refractivity contribution in [2.24, 2.45) is 10.6 Å². The standard InChI is InChI=1S/C11H19N3O2S/c1-11(2,3)7-14-9-4-8(12)5-10(6-9)17(13,15)16/h4-6,14H,7,12H2,1-3H3,(H2,13,15,16). The van der Waals surface area contributed by atoms with Gasteiger partial charge in [-0.05, 0) is 23.6 Å². The number of rotatable bonds is 3. The maximum atomic E-state index is 11.2. The van der Waals surface area contributed by atoms with Crippen molar-refractivity contribution >= 4 is 21.4 Å². The van der Waals surface area contributed by atoms with Gasteiger partial charge in [-0.1, -0.05) is 20.8 Å². The summed E-state index contributed by atoms with van der Waals surface area (Å²) in [6.45, 7) is 6.94. The van der Waals surface area contributed by atoms with Crippen LogP contribution in [0.2, 0.25) is 0 Å². The van der Waals surface area contributed by atoms with Gasteiger partial charge in [0.15, 0.2) is 0 Å². The van der Waals surface area contributed by atoms with Gasteiger partial charge in [-0.3, -0.25) is 0 Å². The van der Waals surface area contributed by atoms with Crippen LogP contribution >= 0.6 is 0 Å². The van der Waals surface area contributed by atoms with Crippen LogP contribution in [0, 0.1) is 5.41 Å². The lowest BCUT2D eigenvalue weighted by Crippen LogP contribution is -2.19. The van der Waals surface area contributed by atoms with Crippen molar-refractivity contribution < 1.29 is 8.42 Å². The van der Waals surface area contributed by atoms with E-state index in [0.717, 1.165) is 0 Å². The Bertz CT molecular complexity index is 504. The molecule has 0 atom stereocenters. The van der Waals surface area contributed by atoms with Crippen LogP contribution in [-0.2, 0) is 10.0 Å². The molecule has 96 valence electrons. The fourth-order valence-electron chi connectivity index (χ4n) is 1.26. The first-order valence-electron chi connectivity index (χ1n) is 5.25. The molecule has 17 heavy (non-hydrogen) atoms. The van der Waals surface area contributed by atoms with Gasteiger partial charge in [-0.2, -0.15) is 0 Å². The van der Waals surface area contributed by atoms with Crippen LogP contribution in [0.25, 0.3) is 0 Å². The van der Waals surface area contributed by atoms with Gasteiger partial charge < -0.3 is 11.1 Å². The normalized spacial score (nSPS) is 12.5. The number of hydrogen-bond donors (Lipinski definition) is 3. The largest absolute Gasteiger partial charge is 0.399 e. The molecule has 0 amide bonds. The Morgan fingerprint density at radius 1 is 1.24 bits per heavy atom. The van der Waals surface area contributed by atoms with Crippen molar-refractivity contribution in [3.63, 3.8) is 0 Å². The first-order valence-corrected chi connectivity index (χ1v) is 6.80. The average molecular weight is 257 g/mol. The molecule has 0 spiro atoms. The van der Waals surface area contributed by atoms with E-state index in [1.54, 1.807) is 6.07 Å². The minimum atomic E-state index is -3.72. The molecular formula is C11H19N3O2S. The van der Waals surface area contributed by atoms with Crippen molar-refractivity contribution in [2.75, 3.05) is 17.6 Å². The second-order valence-electron chi connectivity index (χ2n) is 5.25. The third kappa shape index (κ3) is 4.62. The van der Waals surface area contributed by atoms with Gasteiger partial charge in [0.1, 0.15) is 0 Å². The first kappa shape index (κ1) is 13.8. The van der Waals surface area contributed by atoms with E-state index >= 15 is 0 Å². The van der Waals surface area contributed by atoms with E-state index < -0.39 is 10.0 Å². The zero-order chi connectivity index (χ0) is 13.3. The molecule has 0 radical (unpaired) electrons. The predicted molar refractivity (Wildman–Crippen MR) is 70.2 cm³/mol. The highest BCUT2D eigenvalue weighted by Gasteiger charge is 2.12. The molecule has 1 rings (SSSR count). The highest BCUT2D eigenvalue weighted by atomic mass is 32.2. The molecule has 0 heterocycles. The highest BCUT2D eigenvalue weighted by Crippen LogP contribution is 2.21. The van der Waals surface area contributed by atoms with Crippen molar-refractivity contribution in [3.05, 3.63) is 18.2 Å². The Hall–Kier alpha value is -1.27. The lowest BCUT2D eigenvalue weighted by molar-refractivity contribution is 0.443. The SMILES string of the molecule is CC(C)(C)CNc1cc(N)cc(S(N)(=O)=O)c1. The van der Waals surface area contributed by atoms with E-state index in [4.69, 9.17) is 10.9 Å². The van der Waals surface area contributed by atoms with E-state index in [0.29, 0.717) is 17.9 Å². The van der Waals surface area contributed by atoms with Crippen LogP contribution in [0.3, 0.4) is 0 Å². The van der Waals surface area contributed by atoms with Gasteiger partial charge in [0.05, 0.1) is 4.90 Å². The van der Waals surface area contributed by atoms with Gasteiger partial charge >= 0.3 is 0 Å². The van der Waals surface area contributed by atoms with Gasteiger partial charge in [-0.15, -0.1) is 0 Å². The van der Waals surface area contributed by atoms with Crippen molar-refractivity contribution in [2.45, 2.75) is 25.7 Å². The number of hydrogen-bond acceptors (Lipinski definition) is 4. The summed E-state index contributed by atoms with van der Waals surface area (Å²) in [7, 11) is -3.72. The highest BCUT2D eigenvalue weighted by molar-refractivity contribution is 7.89. The molecule has 0 bridgehead atoms. The number of nitrogens with one attached hydrogen (secondary N) is 1. The van der Waals surface area contributed by atoms with Crippen LogP contribution in [0.4, 0.5) is 11.4 Å². The summed E-state index contributed by atoms with van der Waals surface area (Å²) in [5.41, 5.74) is 6.75. The first-order chi connectivity index (χ1) is 7.58. The van der Waals surface area contributed by atoms with Crippen molar-refractivity contribution in [3.8, 4) is 0 Å². The summed E-state index contributed by atoms with van der Waals surface area (Å²) in [6, 6.07) is 4.51. The monoisotopic (exact) mass is 257 g/mol. The quantitative estimate of drug-likeness (QED) is 0.712. The molecule has 6 heteroatoms. The smallest absolute Gasteiger partial charge is 0.238 e. The molecule has 1 aromatic carbocycles. The summed E-state index contributed by atoms with van der Waals surface area (Å²) in [6.07, 6.45) is 0. The zero-order valence-corrected chi connectivity index (χ0v) is 11.1. The summed E-state index contributed by atoms with van der Waals surface area (Å²) in [5.74, 6) is 0. The zero-order valence-electron chi connectivity index (χ0n) is 10.3. The molecule has 0 aromatic heterocycles. The number of sulfonamides is 1. The molecule has 0 unspecified atom stereocenters. The fraction of sp³-hybridized carbons (Fsp3) is 0.455. The molecule has 0 aliphatic carbocycles. The number of anilines is 2. The lowest BCUT2D eigenvalue weighted by atomic mass is 9.97. The Kier molecular flexibility index (Phi) is 3.68. The summed E-state index contributed by atoms with van der Waals surface area (Å²) >= 11 is 0.